The van der Waals surface area contributed by atoms with Crippen molar-refractivity contribution in [3.05, 3.63) is 71.8 Å². The van der Waals surface area contributed by atoms with Gasteiger partial charge in [0.05, 0.1) is 11.1 Å². The summed E-state index contributed by atoms with van der Waals surface area (Å²) in [6.07, 6.45) is 5.66. The Balaban J connectivity index is 1.47. The van der Waals surface area contributed by atoms with E-state index in [1.54, 1.807) is 24.3 Å². The van der Waals surface area contributed by atoms with E-state index in [-0.39, 0.29) is 28.7 Å². The van der Waals surface area contributed by atoms with Gasteiger partial charge in [-0.15, -0.1) is 9.24 Å². The van der Waals surface area contributed by atoms with E-state index in [4.69, 9.17) is 9.47 Å². The van der Waals surface area contributed by atoms with Crippen LogP contribution in [0, 0.1) is 22.7 Å². The summed E-state index contributed by atoms with van der Waals surface area (Å²) >= 11 is 0. The number of carbonyl (C=O) groups excluding carboxylic acids is 2. The molecular formula is C27H31O4P. The molecule has 5 unspecified atom stereocenters. The predicted molar refractivity (Wildman–Crippen MR) is 126 cm³/mol. The second kappa shape index (κ2) is 8.30. The summed E-state index contributed by atoms with van der Waals surface area (Å²) in [5.41, 5.74) is 1.42. The molecule has 0 saturated heterocycles. The van der Waals surface area contributed by atoms with Crippen LogP contribution in [0.4, 0.5) is 0 Å². The maximum atomic E-state index is 13.1. The minimum atomic E-state index is -0.420. The topological polar surface area (TPSA) is 52.6 Å². The number of benzene rings is 2. The van der Waals surface area contributed by atoms with Crippen LogP contribution >= 0.6 is 9.24 Å². The van der Waals surface area contributed by atoms with Gasteiger partial charge in [0.25, 0.3) is 0 Å². The fourth-order valence-electron chi connectivity index (χ4n) is 6.69. The fraction of sp³-hybridized carbons (Fsp3) is 0.481. The van der Waals surface area contributed by atoms with E-state index < -0.39 is 12.2 Å². The summed E-state index contributed by atoms with van der Waals surface area (Å²) in [6, 6.07) is 18.2. The minimum Gasteiger partial charge on any atom is -0.455 e. The Hall–Kier alpha value is -2.19. The first-order valence-electron chi connectivity index (χ1n) is 11.7. The van der Waals surface area contributed by atoms with Gasteiger partial charge in [0.1, 0.15) is 12.2 Å². The highest BCUT2D eigenvalue weighted by Crippen LogP contribution is 2.68. The Labute approximate surface area is 192 Å². The molecule has 168 valence electrons. The summed E-state index contributed by atoms with van der Waals surface area (Å²) in [4.78, 5) is 26.0. The zero-order valence-corrected chi connectivity index (χ0v) is 19.7. The molecule has 0 spiro atoms. The number of hydrogen-bond acceptors (Lipinski definition) is 4. The van der Waals surface area contributed by atoms with E-state index >= 15 is 0 Å². The molecule has 0 radical (unpaired) electrons. The lowest BCUT2D eigenvalue weighted by Crippen LogP contribution is -2.55. The maximum Gasteiger partial charge on any atom is 0.338 e. The summed E-state index contributed by atoms with van der Waals surface area (Å²) in [7, 11) is 2.96. The van der Waals surface area contributed by atoms with Gasteiger partial charge in [0, 0.05) is 5.92 Å². The van der Waals surface area contributed by atoms with Crippen LogP contribution in [0.2, 0.25) is 0 Å². The lowest BCUT2D eigenvalue weighted by Gasteiger charge is -2.60. The zero-order valence-electron chi connectivity index (χ0n) is 18.5. The van der Waals surface area contributed by atoms with Crippen molar-refractivity contribution in [2.24, 2.45) is 22.7 Å². The van der Waals surface area contributed by atoms with Crippen LogP contribution in [0.5, 0.6) is 0 Å². The van der Waals surface area contributed by atoms with Crippen molar-refractivity contribution in [3.63, 3.8) is 0 Å². The molecule has 0 aromatic heterocycles. The molecule has 0 N–H and O–H groups in total. The SMILES string of the molecule is CC12CCC(CP)(CC1)C1CC(OC(=O)c3ccccc3)C(OC(=O)c3ccccc3)C12. The number of fused-ring (bicyclic) bond motifs is 2. The first-order valence-corrected chi connectivity index (χ1v) is 12.5. The van der Waals surface area contributed by atoms with E-state index in [0.29, 0.717) is 17.0 Å². The summed E-state index contributed by atoms with van der Waals surface area (Å²) in [5.74, 6) is -0.0594. The molecular weight excluding hydrogens is 419 g/mol. The first-order chi connectivity index (χ1) is 15.5. The highest BCUT2D eigenvalue weighted by Gasteiger charge is 2.65. The Bertz CT molecular complexity index is 981. The predicted octanol–water partition coefficient (Wildman–Crippen LogP) is 5.53. The van der Waals surface area contributed by atoms with Crippen molar-refractivity contribution < 1.29 is 19.1 Å². The molecule has 0 heterocycles. The molecule has 2 aromatic carbocycles. The normalized spacial score (nSPS) is 35.2. The van der Waals surface area contributed by atoms with E-state index in [1.807, 2.05) is 36.4 Å². The largest absolute Gasteiger partial charge is 0.455 e. The van der Waals surface area contributed by atoms with E-state index in [0.717, 1.165) is 25.4 Å². The van der Waals surface area contributed by atoms with Gasteiger partial charge in [0.15, 0.2) is 0 Å². The Morgan fingerprint density at radius 3 is 1.94 bits per heavy atom. The van der Waals surface area contributed by atoms with Crippen molar-refractivity contribution in [3.8, 4) is 0 Å². The third-order valence-electron chi connectivity index (χ3n) is 8.55. The Morgan fingerprint density at radius 2 is 1.41 bits per heavy atom. The number of hydrogen-bond donors (Lipinski definition) is 0. The van der Waals surface area contributed by atoms with Gasteiger partial charge in [-0.25, -0.2) is 9.59 Å². The maximum absolute atomic E-state index is 13.1. The van der Waals surface area contributed by atoms with Crippen LogP contribution < -0.4 is 0 Å². The molecule has 4 nitrogen and oxygen atoms in total. The highest BCUT2D eigenvalue weighted by molar-refractivity contribution is 7.16. The number of rotatable bonds is 5. The van der Waals surface area contributed by atoms with Gasteiger partial charge in [-0.2, -0.15) is 0 Å². The molecule has 4 saturated carbocycles. The number of carbonyl (C=O) groups is 2. The monoisotopic (exact) mass is 450 g/mol. The lowest BCUT2D eigenvalue weighted by molar-refractivity contribution is -0.125. The van der Waals surface area contributed by atoms with Crippen LogP contribution in [0.1, 0.15) is 59.7 Å². The van der Waals surface area contributed by atoms with Gasteiger partial charge in [-0.1, -0.05) is 43.3 Å². The van der Waals surface area contributed by atoms with Crippen molar-refractivity contribution in [1.82, 2.24) is 0 Å². The van der Waals surface area contributed by atoms with E-state index in [2.05, 4.69) is 16.2 Å². The molecule has 5 atom stereocenters. The Morgan fingerprint density at radius 1 is 0.875 bits per heavy atom. The van der Waals surface area contributed by atoms with Crippen molar-refractivity contribution in [2.75, 3.05) is 6.16 Å². The standard InChI is InChI=1S/C27H31O4P/c1-26-12-14-27(17-32,15-13-26)20-16-21(30-24(28)18-8-4-2-5-9-18)23(22(20)26)31-25(29)19-10-6-3-7-11-19/h2-11,20-23H,12-17,32H2,1H3. The third-order valence-corrected chi connectivity index (χ3v) is 9.36. The molecule has 0 aliphatic heterocycles. The fourth-order valence-corrected chi connectivity index (χ4v) is 7.40. The second-order valence-electron chi connectivity index (χ2n) is 10.1. The smallest absolute Gasteiger partial charge is 0.338 e. The molecule has 6 rings (SSSR count). The number of esters is 2. The molecule has 0 amide bonds. The molecule has 4 aliphatic rings. The van der Waals surface area contributed by atoms with Crippen LogP contribution in [0.3, 0.4) is 0 Å². The van der Waals surface area contributed by atoms with Gasteiger partial charge < -0.3 is 9.47 Å². The molecule has 4 fully saturated rings. The van der Waals surface area contributed by atoms with Crippen molar-refractivity contribution in [1.29, 1.82) is 0 Å². The average Bonchev–Trinajstić information content (AvgIpc) is 3.21. The zero-order chi connectivity index (χ0) is 22.3. The molecule has 2 aromatic rings. The van der Waals surface area contributed by atoms with Crippen LogP contribution in [0.15, 0.2) is 60.7 Å². The van der Waals surface area contributed by atoms with E-state index in [1.165, 1.54) is 12.8 Å². The Kier molecular flexibility index (Phi) is 5.61. The van der Waals surface area contributed by atoms with Crippen LogP contribution in [-0.4, -0.2) is 30.3 Å². The van der Waals surface area contributed by atoms with Crippen molar-refractivity contribution in [2.45, 2.75) is 51.2 Å². The average molecular weight is 451 g/mol. The molecule has 2 bridgehead atoms. The lowest BCUT2D eigenvalue weighted by atomic mass is 9.46. The molecule has 32 heavy (non-hydrogen) atoms. The van der Waals surface area contributed by atoms with Crippen LogP contribution in [0.25, 0.3) is 0 Å². The summed E-state index contributed by atoms with van der Waals surface area (Å²) in [6.45, 7) is 2.35. The quantitative estimate of drug-likeness (QED) is 0.444. The summed E-state index contributed by atoms with van der Waals surface area (Å²) in [5, 5.41) is 0. The van der Waals surface area contributed by atoms with Gasteiger partial charge in [-0.05, 0) is 79.3 Å². The third kappa shape index (κ3) is 3.57. The molecule has 4 aliphatic carbocycles. The van der Waals surface area contributed by atoms with Gasteiger partial charge in [0.2, 0.25) is 0 Å². The summed E-state index contributed by atoms with van der Waals surface area (Å²) < 4.78 is 12.3. The van der Waals surface area contributed by atoms with Crippen molar-refractivity contribution >= 4 is 21.2 Å². The first kappa shape index (κ1) is 21.6. The second-order valence-corrected chi connectivity index (χ2v) is 10.5. The number of ether oxygens (including phenoxy) is 2. The minimum absolute atomic E-state index is 0.113. The van der Waals surface area contributed by atoms with Gasteiger partial charge in [-0.3, -0.25) is 0 Å². The highest BCUT2D eigenvalue weighted by atomic mass is 31.0. The van der Waals surface area contributed by atoms with Crippen LogP contribution in [-0.2, 0) is 9.47 Å². The molecule has 5 heteroatoms. The van der Waals surface area contributed by atoms with Gasteiger partial charge >= 0.3 is 11.9 Å². The van der Waals surface area contributed by atoms with E-state index in [9.17, 15) is 9.59 Å².